The van der Waals surface area contributed by atoms with Gasteiger partial charge in [0.2, 0.25) is 0 Å². The van der Waals surface area contributed by atoms with Gasteiger partial charge in [-0.05, 0) is 43.7 Å². The molecule has 19 heavy (non-hydrogen) atoms. The van der Waals surface area contributed by atoms with E-state index in [1.807, 2.05) is 6.07 Å². The molecule has 0 radical (unpaired) electrons. The van der Waals surface area contributed by atoms with Crippen molar-refractivity contribution in [1.82, 2.24) is 0 Å². The number of benzene rings is 1. The lowest BCUT2D eigenvalue weighted by Crippen LogP contribution is -2.56. The van der Waals surface area contributed by atoms with E-state index in [4.69, 9.17) is 0 Å². The molecule has 3 atom stereocenters. The van der Waals surface area contributed by atoms with Gasteiger partial charge < -0.3 is 10.4 Å². The minimum atomic E-state index is -0.640. The Morgan fingerprint density at radius 3 is 2.74 bits per heavy atom. The van der Waals surface area contributed by atoms with Gasteiger partial charge in [-0.15, -0.1) is 0 Å². The topological polar surface area (TPSA) is 32.3 Å². The molecule has 0 unspecified atom stereocenters. The quantitative estimate of drug-likeness (QED) is 0.852. The summed E-state index contributed by atoms with van der Waals surface area (Å²) in [4.78, 5) is 0. The predicted octanol–water partition coefficient (Wildman–Crippen LogP) is 3.71. The maximum atomic E-state index is 13.7. The van der Waals surface area contributed by atoms with E-state index in [9.17, 15) is 9.50 Å². The highest BCUT2D eigenvalue weighted by atomic mass is 19.1. The summed E-state index contributed by atoms with van der Waals surface area (Å²) in [5.74, 6) is 0.156. The lowest BCUT2D eigenvalue weighted by atomic mass is 9.65. The Kier molecular flexibility index (Phi) is 3.48. The summed E-state index contributed by atoms with van der Waals surface area (Å²) in [7, 11) is 0. The van der Waals surface area contributed by atoms with Crippen LogP contribution in [0.5, 0.6) is 0 Å². The Morgan fingerprint density at radius 1 is 1.11 bits per heavy atom. The predicted molar refractivity (Wildman–Crippen MR) is 74.6 cm³/mol. The molecule has 2 aliphatic carbocycles. The summed E-state index contributed by atoms with van der Waals surface area (Å²) in [5.41, 5.74) is -0.120. The first kappa shape index (κ1) is 12.9. The van der Waals surface area contributed by atoms with E-state index in [1.54, 1.807) is 12.1 Å². The summed E-state index contributed by atoms with van der Waals surface area (Å²) in [5, 5.41) is 14.3. The van der Waals surface area contributed by atoms with E-state index in [1.165, 1.54) is 12.5 Å². The molecule has 1 aromatic carbocycles. The zero-order valence-corrected chi connectivity index (χ0v) is 11.2. The van der Waals surface area contributed by atoms with Crippen molar-refractivity contribution in [1.29, 1.82) is 0 Å². The molecule has 0 spiro atoms. The number of hydrogen-bond acceptors (Lipinski definition) is 2. The molecule has 104 valence electrons. The average Bonchev–Trinajstić information content (AvgIpc) is 2.42. The van der Waals surface area contributed by atoms with Gasteiger partial charge in [0.1, 0.15) is 5.82 Å². The van der Waals surface area contributed by atoms with Crippen molar-refractivity contribution in [2.24, 2.45) is 5.92 Å². The Morgan fingerprint density at radius 2 is 1.89 bits per heavy atom. The molecular weight excluding hydrogens is 241 g/mol. The number of halogens is 1. The fourth-order valence-electron chi connectivity index (χ4n) is 3.89. The second kappa shape index (κ2) is 5.12. The number of hydrogen-bond donors (Lipinski definition) is 2. The van der Waals surface area contributed by atoms with Crippen LogP contribution >= 0.6 is 0 Å². The zero-order chi connectivity index (χ0) is 13.3. The third-order valence-electron chi connectivity index (χ3n) is 4.94. The van der Waals surface area contributed by atoms with Crippen LogP contribution < -0.4 is 5.32 Å². The van der Waals surface area contributed by atoms with Crippen molar-refractivity contribution < 1.29 is 9.50 Å². The lowest BCUT2D eigenvalue weighted by molar-refractivity contribution is -0.0835. The molecule has 0 heterocycles. The molecule has 3 rings (SSSR count). The van der Waals surface area contributed by atoms with Crippen LogP contribution in [0.25, 0.3) is 0 Å². The molecule has 0 bridgehead atoms. The number of nitrogens with one attached hydrogen (secondary N) is 1. The zero-order valence-electron chi connectivity index (χ0n) is 11.2. The van der Waals surface area contributed by atoms with Crippen molar-refractivity contribution in [3.8, 4) is 0 Å². The van der Waals surface area contributed by atoms with Crippen LogP contribution in [0.3, 0.4) is 0 Å². The molecule has 0 aliphatic heterocycles. The summed E-state index contributed by atoms with van der Waals surface area (Å²) >= 11 is 0. The molecule has 3 heteroatoms. The minimum absolute atomic E-state index is 0.0107. The normalized spacial score (nSPS) is 34.6. The van der Waals surface area contributed by atoms with Crippen molar-refractivity contribution in [3.63, 3.8) is 0 Å². The molecule has 2 fully saturated rings. The van der Waals surface area contributed by atoms with Gasteiger partial charge in [-0.1, -0.05) is 31.4 Å². The van der Waals surface area contributed by atoms with Gasteiger partial charge in [0.15, 0.2) is 0 Å². The summed E-state index contributed by atoms with van der Waals surface area (Å²) in [6.07, 6.45) is 7.45. The van der Waals surface area contributed by atoms with Crippen LogP contribution in [0.2, 0.25) is 0 Å². The fourth-order valence-corrected chi connectivity index (χ4v) is 3.89. The molecule has 0 amide bonds. The molecule has 2 nitrogen and oxygen atoms in total. The largest absolute Gasteiger partial charge is 0.387 e. The number of fused-ring (bicyclic) bond motifs is 1. The molecule has 2 saturated carbocycles. The van der Waals surface area contributed by atoms with Crippen molar-refractivity contribution in [3.05, 3.63) is 30.1 Å². The highest BCUT2D eigenvalue weighted by Crippen LogP contribution is 2.44. The van der Waals surface area contributed by atoms with E-state index in [0.717, 1.165) is 38.5 Å². The van der Waals surface area contributed by atoms with E-state index in [-0.39, 0.29) is 11.9 Å². The number of anilines is 1. The van der Waals surface area contributed by atoms with Crippen molar-refractivity contribution >= 4 is 5.69 Å². The van der Waals surface area contributed by atoms with Crippen LogP contribution in [-0.2, 0) is 0 Å². The maximum absolute atomic E-state index is 13.7. The first-order chi connectivity index (χ1) is 9.20. The van der Waals surface area contributed by atoms with Gasteiger partial charge in [0.05, 0.1) is 17.3 Å². The Balaban J connectivity index is 1.81. The molecular formula is C16H22FNO. The van der Waals surface area contributed by atoms with E-state index < -0.39 is 5.60 Å². The second-order valence-corrected chi connectivity index (χ2v) is 6.04. The van der Waals surface area contributed by atoms with Gasteiger partial charge in [-0.25, -0.2) is 4.39 Å². The standard InChI is InChI=1S/C16H22FNO/c17-13-8-1-2-9-14(13)18-15-10-5-7-12-6-3-4-11-16(12,15)19/h1-2,8-9,12,15,18-19H,3-7,10-11H2/t12-,15-,16-/m1/s1. The van der Waals surface area contributed by atoms with E-state index in [0.29, 0.717) is 11.6 Å². The fraction of sp³-hybridized carbons (Fsp3) is 0.625. The molecule has 2 aliphatic rings. The maximum Gasteiger partial charge on any atom is 0.146 e. The molecule has 1 aromatic rings. The second-order valence-electron chi connectivity index (χ2n) is 6.04. The van der Waals surface area contributed by atoms with Gasteiger partial charge in [-0.3, -0.25) is 0 Å². The highest BCUT2D eigenvalue weighted by Gasteiger charge is 2.47. The summed E-state index contributed by atoms with van der Waals surface area (Å²) in [6, 6.07) is 6.73. The molecule has 0 saturated heterocycles. The van der Waals surface area contributed by atoms with Gasteiger partial charge in [0, 0.05) is 0 Å². The third-order valence-corrected chi connectivity index (χ3v) is 4.94. The monoisotopic (exact) mass is 263 g/mol. The Bertz CT molecular complexity index is 448. The average molecular weight is 263 g/mol. The summed E-state index contributed by atoms with van der Waals surface area (Å²) < 4.78 is 13.7. The van der Waals surface area contributed by atoms with Crippen molar-refractivity contribution in [2.45, 2.75) is 56.6 Å². The van der Waals surface area contributed by atoms with Crippen LogP contribution in [0.15, 0.2) is 24.3 Å². The number of rotatable bonds is 2. The van der Waals surface area contributed by atoms with Gasteiger partial charge >= 0.3 is 0 Å². The molecule has 0 aromatic heterocycles. The number of para-hydroxylation sites is 1. The summed E-state index contributed by atoms with van der Waals surface area (Å²) in [6.45, 7) is 0. The van der Waals surface area contributed by atoms with E-state index >= 15 is 0 Å². The highest BCUT2D eigenvalue weighted by molar-refractivity contribution is 5.46. The lowest BCUT2D eigenvalue weighted by Gasteiger charge is -2.49. The van der Waals surface area contributed by atoms with Crippen LogP contribution in [0.4, 0.5) is 10.1 Å². The first-order valence-electron chi connectivity index (χ1n) is 7.43. The van der Waals surface area contributed by atoms with Gasteiger partial charge in [0.25, 0.3) is 0 Å². The van der Waals surface area contributed by atoms with Crippen LogP contribution in [0, 0.1) is 11.7 Å². The number of aliphatic hydroxyl groups is 1. The van der Waals surface area contributed by atoms with Crippen LogP contribution in [-0.4, -0.2) is 16.7 Å². The first-order valence-corrected chi connectivity index (χ1v) is 7.43. The van der Waals surface area contributed by atoms with E-state index in [2.05, 4.69) is 5.32 Å². The van der Waals surface area contributed by atoms with Crippen LogP contribution in [0.1, 0.15) is 44.9 Å². The smallest absolute Gasteiger partial charge is 0.146 e. The molecule has 2 N–H and O–H groups in total. The SMILES string of the molecule is O[C@]12CCCC[C@@H]1CCC[C@H]2Nc1ccccc1F. The van der Waals surface area contributed by atoms with Gasteiger partial charge in [-0.2, -0.15) is 0 Å². The van der Waals surface area contributed by atoms with Crippen molar-refractivity contribution in [2.75, 3.05) is 5.32 Å². The third kappa shape index (κ3) is 2.36. The Hall–Kier alpha value is -1.09. The minimum Gasteiger partial charge on any atom is -0.387 e. The Labute approximate surface area is 114 Å².